The van der Waals surface area contributed by atoms with Gasteiger partial charge in [0.15, 0.2) is 0 Å². The average molecular weight is 677 g/mol. The lowest BCUT2D eigenvalue weighted by molar-refractivity contribution is -0.172. The number of carboxylic acid groups (broad SMARTS) is 1. The Morgan fingerprint density at radius 1 is 0.875 bits per heavy atom. The van der Waals surface area contributed by atoms with Crippen molar-refractivity contribution in [3.05, 3.63) is 41.5 Å². The molecule has 8 atom stereocenters. The molecule has 7 unspecified atom stereocenters. The van der Waals surface area contributed by atoms with Gasteiger partial charge in [0.2, 0.25) is 0 Å². The fraction of sp³-hybridized carbons (Fsp3) is 0.791. The van der Waals surface area contributed by atoms with Crippen molar-refractivity contribution in [2.75, 3.05) is 37.7 Å². The minimum Gasteiger partial charge on any atom is -0.478 e. The molecule has 4 nitrogen and oxygen atoms in total. The Bertz CT molecular complexity index is 1280. The van der Waals surface area contributed by atoms with Gasteiger partial charge < -0.3 is 15.3 Å². The summed E-state index contributed by atoms with van der Waals surface area (Å²) in [4.78, 5) is 14.2. The number of fused-ring (bicyclic) bond motifs is 7. The summed E-state index contributed by atoms with van der Waals surface area (Å²) in [7, 11) is 0. The van der Waals surface area contributed by atoms with E-state index in [2.05, 4.69) is 69.6 Å². The second-order valence-corrected chi connectivity index (χ2v) is 19.1. The van der Waals surface area contributed by atoms with E-state index in [0.717, 1.165) is 23.7 Å². The van der Waals surface area contributed by atoms with Crippen molar-refractivity contribution in [3.63, 3.8) is 0 Å². The van der Waals surface area contributed by atoms with Gasteiger partial charge in [-0.2, -0.15) is 11.8 Å². The van der Waals surface area contributed by atoms with Crippen molar-refractivity contribution in [2.45, 2.75) is 131 Å². The molecule has 2 N–H and O–H groups in total. The number of carbonyl (C=O) groups is 1. The van der Waals surface area contributed by atoms with Crippen LogP contribution in [0, 0.1) is 45.8 Å². The second kappa shape index (κ2) is 14.7. The molecule has 5 fully saturated rings. The Labute approximate surface area is 298 Å². The Morgan fingerprint density at radius 2 is 1.60 bits per heavy atom. The minimum absolute atomic E-state index is 0.0834. The molecule has 0 bridgehead atoms. The first-order chi connectivity index (χ1) is 23.0. The first-order valence-electron chi connectivity index (χ1n) is 20.1. The molecule has 4 saturated carbocycles. The number of allylic oxidation sites excluding steroid dienone is 2. The first kappa shape index (κ1) is 36.5. The normalized spacial score (nSPS) is 38.7. The van der Waals surface area contributed by atoms with E-state index in [1.807, 2.05) is 12.1 Å². The van der Waals surface area contributed by atoms with Gasteiger partial charge in [0, 0.05) is 43.2 Å². The van der Waals surface area contributed by atoms with Gasteiger partial charge in [0.25, 0.3) is 0 Å². The maximum atomic E-state index is 11.5. The minimum atomic E-state index is -0.844. The highest BCUT2D eigenvalue weighted by Gasteiger charge is 2.65. The van der Waals surface area contributed by atoms with Gasteiger partial charge in [0.1, 0.15) is 0 Å². The van der Waals surface area contributed by atoms with Crippen LogP contribution in [-0.2, 0) is 0 Å². The van der Waals surface area contributed by atoms with Gasteiger partial charge in [-0.3, -0.25) is 0 Å². The summed E-state index contributed by atoms with van der Waals surface area (Å²) in [6.07, 6.45) is 20.5. The molecule has 0 radical (unpaired) electrons. The van der Waals surface area contributed by atoms with Crippen molar-refractivity contribution in [1.29, 1.82) is 0 Å². The number of rotatable bonds is 8. The molecule has 1 aromatic rings. The zero-order valence-corrected chi connectivity index (χ0v) is 32.2. The monoisotopic (exact) mass is 677 g/mol. The summed E-state index contributed by atoms with van der Waals surface area (Å²) in [6, 6.07) is 7.67. The topological polar surface area (TPSA) is 52.6 Å². The lowest BCUT2D eigenvalue weighted by Crippen LogP contribution is -2.63. The van der Waals surface area contributed by atoms with Gasteiger partial charge in [0.05, 0.1) is 5.56 Å². The molecule has 1 saturated heterocycles. The molecule has 0 amide bonds. The third-order valence-corrected chi connectivity index (χ3v) is 16.2. The predicted octanol–water partition coefficient (Wildman–Crippen LogP) is 10.4. The van der Waals surface area contributed by atoms with Crippen LogP contribution in [0.1, 0.15) is 141 Å². The molecule has 1 aliphatic heterocycles. The van der Waals surface area contributed by atoms with E-state index in [4.69, 9.17) is 0 Å². The maximum Gasteiger partial charge on any atom is 0.335 e. The zero-order chi connectivity index (χ0) is 34.2. The van der Waals surface area contributed by atoms with E-state index in [-0.39, 0.29) is 5.41 Å². The summed E-state index contributed by atoms with van der Waals surface area (Å²) in [5.41, 5.74) is 4.32. The number of thioether (sulfide) groups is 1. The Kier molecular flexibility index (Phi) is 11.2. The van der Waals surface area contributed by atoms with E-state index in [9.17, 15) is 9.90 Å². The Hall–Kier alpha value is -1.30. The van der Waals surface area contributed by atoms with E-state index in [1.54, 1.807) is 12.1 Å². The molecule has 5 aliphatic carbocycles. The van der Waals surface area contributed by atoms with Crippen molar-refractivity contribution < 1.29 is 9.90 Å². The number of hydrogen-bond donors (Lipinski definition) is 2. The van der Waals surface area contributed by atoms with Gasteiger partial charge in [-0.25, -0.2) is 4.79 Å². The predicted molar refractivity (Wildman–Crippen MR) is 205 cm³/mol. The Balaban J connectivity index is 0.000000749. The van der Waals surface area contributed by atoms with Gasteiger partial charge in [-0.05, 0) is 127 Å². The highest BCUT2D eigenvalue weighted by molar-refractivity contribution is 7.99. The van der Waals surface area contributed by atoms with Gasteiger partial charge >= 0.3 is 5.97 Å². The first-order valence-corrected chi connectivity index (χ1v) is 21.2. The number of nitrogens with one attached hydrogen (secondary N) is 1. The number of aromatic carboxylic acids is 1. The highest BCUT2D eigenvalue weighted by Crippen LogP contribution is 2.72. The number of nitrogens with zero attached hydrogens (tertiary/aromatic N) is 1. The quantitative estimate of drug-likeness (QED) is 0.287. The number of benzene rings is 1. The third-order valence-electron chi connectivity index (χ3n) is 15.2. The molecular weight excluding hydrogens is 609 g/mol. The van der Waals surface area contributed by atoms with Crippen molar-refractivity contribution >= 4 is 23.3 Å². The largest absolute Gasteiger partial charge is 0.478 e. The third kappa shape index (κ3) is 6.60. The maximum absolute atomic E-state index is 11.5. The molecule has 1 heterocycles. The molecule has 0 spiro atoms. The molecule has 48 heavy (non-hydrogen) atoms. The van der Waals surface area contributed by atoms with Crippen LogP contribution < -0.4 is 5.32 Å². The van der Waals surface area contributed by atoms with Crippen LogP contribution in [0.25, 0.3) is 5.57 Å². The molecule has 6 aliphatic rings. The average Bonchev–Trinajstić information content (AvgIpc) is 3.50. The smallest absolute Gasteiger partial charge is 0.335 e. The van der Waals surface area contributed by atoms with E-state index in [0.29, 0.717) is 27.9 Å². The molecule has 0 aromatic heterocycles. The van der Waals surface area contributed by atoms with Crippen LogP contribution in [0.4, 0.5) is 0 Å². The van der Waals surface area contributed by atoms with Crippen molar-refractivity contribution in [2.24, 2.45) is 45.8 Å². The molecule has 7 rings (SSSR count). The lowest BCUT2D eigenvalue weighted by atomic mass is 9.37. The Morgan fingerprint density at radius 3 is 2.27 bits per heavy atom. The number of unbranched alkanes of at least 4 members (excludes halogenated alkanes) is 2. The number of carboxylic acids is 1. The summed E-state index contributed by atoms with van der Waals surface area (Å²) in [5, 5.41) is 13.7. The summed E-state index contributed by atoms with van der Waals surface area (Å²) in [5.74, 6) is 5.92. The van der Waals surface area contributed by atoms with Gasteiger partial charge in [-0.1, -0.05) is 85.4 Å². The SMILES string of the molecule is CC1(C)C(c2ccc(C(=O)O)cc2)=CCC2(C)C1CCC1(C)C3CCC4(NCCN5CCSCC5)CCC[C@@H]4C3CCC12.CCCCC. The van der Waals surface area contributed by atoms with Crippen LogP contribution in [0.5, 0.6) is 0 Å². The van der Waals surface area contributed by atoms with Crippen LogP contribution in [0.15, 0.2) is 30.3 Å². The second-order valence-electron chi connectivity index (χ2n) is 17.9. The van der Waals surface area contributed by atoms with Crippen LogP contribution in [0.3, 0.4) is 0 Å². The van der Waals surface area contributed by atoms with Crippen molar-refractivity contribution in [1.82, 2.24) is 10.2 Å². The van der Waals surface area contributed by atoms with Crippen LogP contribution >= 0.6 is 11.8 Å². The zero-order valence-electron chi connectivity index (χ0n) is 31.4. The fourth-order valence-electron chi connectivity index (χ4n) is 13.1. The summed E-state index contributed by atoms with van der Waals surface area (Å²) in [6.45, 7) is 19.8. The van der Waals surface area contributed by atoms with Crippen LogP contribution in [-0.4, -0.2) is 59.2 Å². The van der Waals surface area contributed by atoms with Gasteiger partial charge in [-0.15, -0.1) is 0 Å². The lowest BCUT2D eigenvalue weighted by Gasteiger charge is -2.68. The molecule has 5 heteroatoms. The van der Waals surface area contributed by atoms with Crippen molar-refractivity contribution in [3.8, 4) is 0 Å². The summed E-state index contributed by atoms with van der Waals surface area (Å²) >= 11 is 2.12. The van der Waals surface area contributed by atoms with E-state index < -0.39 is 5.97 Å². The van der Waals surface area contributed by atoms with E-state index >= 15 is 0 Å². The van der Waals surface area contributed by atoms with E-state index in [1.165, 1.54) is 132 Å². The summed E-state index contributed by atoms with van der Waals surface area (Å²) < 4.78 is 0. The molecule has 1 aromatic carbocycles. The molecular formula is C43H68N2O2S. The standard InChI is InChI=1S/C38H56N2O2S.C5H12/c1-35(2)29(26-7-9-27(10-8-26)34(41)42)13-17-37(4)32(35)15-18-36(3)30-14-19-38(39-20-21-40-22-24-43-25-23-40)16-5-6-31(38)28(30)11-12-33(36)37;1-3-5-4-2/h7-10,13,28,30-33,39H,5-6,11-12,14-25H2,1-4H3,(H,41,42);3-5H2,1-2H3/t28?,30?,31-,32?,33?,36?,37?,38?;/m1./s1. The highest BCUT2D eigenvalue weighted by atomic mass is 32.2. The fourth-order valence-corrected chi connectivity index (χ4v) is 14.0. The van der Waals surface area contributed by atoms with Crippen LogP contribution in [0.2, 0.25) is 0 Å². The molecule has 268 valence electrons. The number of hydrogen-bond acceptors (Lipinski definition) is 4.